The van der Waals surface area contributed by atoms with Crippen LogP contribution in [0.1, 0.15) is 103 Å². The van der Waals surface area contributed by atoms with Gasteiger partial charge in [-0.2, -0.15) is 0 Å². The molecule has 16 heteroatoms. The number of aliphatic carboxylic acids is 1. The summed E-state index contributed by atoms with van der Waals surface area (Å²) in [6, 6.07) is 6.50. The van der Waals surface area contributed by atoms with Crippen molar-refractivity contribution in [2.24, 2.45) is 51.1 Å². The van der Waals surface area contributed by atoms with E-state index < -0.39 is 82.7 Å². The van der Waals surface area contributed by atoms with Gasteiger partial charge in [0.05, 0.1) is 18.1 Å². The molecule has 6 saturated carbocycles. The molecule has 1 aromatic rings. The summed E-state index contributed by atoms with van der Waals surface area (Å²) < 4.78 is 0. The number of hydrogen-bond acceptors (Lipinski definition) is 11. The molecule has 358 valence electrons. The second-order valence-corrected chi connectivity index (χ2v) is 21.5. The van der Waals surface area contributed by atoms with E-state index in [0.717, 1.165) is 61.8 Å². The van der Waals surface area contributed by atoms with E-state index in [-0.39, 0.29) is 53.5 Å². The van der Waals surface area contributed by atoms with Crippen LogP contribution in [0.4, 0.5) is 5.69 Å². The molecule has 4 amide bonds. The Morgan fingerprint density at radius 2 is 1.68 bits per heavy atom. The molecule has 1 aromatic carbocycles. The highest BCUT2D eigenvalue weighted by molar-refractivity contribution is 6.01. The standard InChI is InChI=1S/C50H68N6O10/c1-29(58)53-37(6-4-5-17-51)44(65)52-22-41(62)54-38(13-14-42(63)64)45(66)55-49-25-48(26-49,27-49)20-30-7-10-33(11-8-30)56-23-32-19-36-35-12-9-31-18-34(59)15-16-46(31,2)43(35)39(60)21-47(36,3)50(32,28-56)40(61)24-57/h7-8,10-11,15-16,18,32,35-39,43,57,60H,4-6,9,12-14,17,19-28,51H2,1-3H3,(H,52,65)(H,53,58)(H,54,62)(H,55,66)(H,63,64)/t32-,35-,36-,37-,38-,39-,43+,46-,47-,48?,49?,50+/m0/s1. The molecule has 1 saturated heterocycles. The van der Waals surface area contributed by atoms with Crippen molar-refractivity contribution in [1.82, 2.24) is 21.3 Å². The van der Waals surface area contributed by atoms with Crippen LogP contribution in [0.15, 0.2) is 48.1 Å². The number of allylic oxidation sites excluding steroid dienone is 4. The quantitative estimate of drug-likeness (QED) is 0.0931. The lowest BCUT2D eigenvalue weighted by atomic mass is 9.38. The first-order valence-corrected chi connectivity index (χ1v) is 24.0. The van der Waals surface area contributed by atoms with Crippen molar-refractivity contribution in [3.63, 3.8) is 0 Å². The molecule has 9 rings (SSSR count). The fourth-order valence-corrected chi connectivity index (χ4v) is 14.7. The monoisotopic (exact) mass is 912 g/mol. The molecule has 9 N–H and O–H groups in total. The highest BCUT2D eigenvalue weighted by Gasteiger charge is 2.73. The van der Waals surface area contributed by atoms with Crippen molar-refractivity contribution < 1.29 is 48.9 Å². The van der Waals surface area contributed by atoms with Gasteiger partial charge < -0.3 is 47.2 Å². The molecule has 7 fully saturated rings. The zero-order valence-corrected chi connectivity index (χ0v) is 38.5. The summed E-state index contributed by atoms with van der Waals surface area (Å²) in [6.07, 6.45) is 11.9. The van der Waals surface area contributed by atoms with Crippen molar-refractivity contribution in [2.75, 3.05) is 37.7 Å². The Balaban J connectivity index is 0.860. The first-order chi connectivity index (χ1) is 31.3. The van der Waals surface area contributed by atoms with Gasteiger partial charge in [-0.1, -0.05) is 37.6 Å². The predicted octanol–water partition coefficient (Wildman–Crippen LogP) is 2.24. The molecule has 7 aliphatic carbocycles. The summed E-state index contributed by atoms with van der Waals surface area (Å²) in [7, 11) is 0. The minimum Gasteiger partial charge on any atom is -0.481 e. The maximum atomic E-state index is 14.2. The van der Waals surface area contributed by atoms with Gasteiger partial charge in [0.15, 0.2) is 11.6 Å². The number of nitrogens with two attached hydrogens (primary N) is 1. The Bertz CT molecular complexity index is 2190. The number of aliphatic hydroxyl groups is 2. The summed E-state index contributed by atoms with van der Waals surface area (Å²) in [5.41, 5.74) is 6.68. The van der Waals surface area contributed by atoms with Crippen LogP contribution in [-0.4, -0.2) is 113 Å². The number of Topliss-reactive ketones (excluding diaryl/α,β-unsaturated/α-hetero) is 1. The van der Waals surface area contributed by atoms with E-state index in [1.54, 1.807) is 12.2 Å². The van der Waals surface area contributed by atoms with Crippen LogP contribution < -0.4 is 31.9 Å². The van der Waals surface area contributed by atoms with Crippen molar-refractivity contribution in [3.05, 3.63) is 53.6 Å². The number of rotatable bonds is 19. The maximum Gasteiger partial charge on any atom is 0.303 e. The molecule has 16 nitrogen and oxygen atoms in total. The highest BCUT2D eigenvalue weighted by Crippen LogP contribution is 2.73. The van der Waals surface area contributed by atoms with E-state index in [9.17, 15) is 48.9 Å². The van der Waals surface area contributed by atoms with Crippen molar-refractivity contribution in [3.8, 4) is 0 Å². The summed E-state index contributed by atoms with van der Waals surface area (Å²) in [5.74, 6) is -2.91. The van der Waals surface area contributed by atoms with E-state index in [1.165, 1.54) is 6.92 Å². The van der Waals surface area contributed by atoms with Gasteiger partial charge in [-0.25, -0.2) is 0 Å². The van der Waals surface area contributed by atoms with Crippen LogP contribution in [-0.2, 0) is 40.0 Å². The molecule has 1 aliphatic heterocycles. The number of fused-ring (bicyclic) bond motifs is 7. The second kappa shape index (κ2) is 17.9. The summed E-state index contributed by atoms with van der Waals surface area (Å²) in [5, 5.41) is 42.7. The molecule has 2 bridgehead atoms. The smallest absolute Gasteiger partial charge is 0.303 e. The molecule has 66 heavy (non-hydrogen) atoms. The Labute approximate surface area is 386 Å². The fraction of sp³-hybridized carbons (Fsp3) is 0.660. The number of nitrogens with zero attached hydrogens (tertiary/aromatic N) is 1. The molecule has 10 atom stereocenters. The van der Waals surface area contributed by atoms with E-state index in [4.69, 9.17) is 5.73 Å². The third-order valence-corrected chi connectivity index (χ3v) is 17.4. The van der Waals surface area contributed by atoms with Gasteiger partial charge in [0, 0.05) is 49.0 Å². The van der Waals surface area contributed by atoms with Gasteiger partial charge >= 0.3 is 5.97 Å². The minimum absolute atomic E-state index is 0.000659. The lowest BCUT2D eigenvalue weighted by Gasteiger charge is -2.71. The van der Waals surface area contributed by atoms with Crippen LogP contribution >= 0.6 is 0 Å². The number of ketones is 2. The highest BCUT2D eigenvalue weighted by atomic mass is 16.4. The van der Waals surface area contributed by atoms with Crippen LogP contribution in [0.3, 0.4) is 0 Å². The summed E-state index contributed by atoms with van der Waals surface area (Å²) >= 11 is 0. The third-order valence-electron chi connectivity index (χ3n) is 17.4. The Kier molecular flexibility index (Phi) is 12.9. The van der Waals surface area contributed by atoms with E-state index >= 15 is 0 Å². The van der Waals surface area contributed by atoms with Gasteiger partial charge in [-0.05, 0) is 142 Å². The Hall–Kier alpha value is -4.93. The molecular formula is C50H68N6O10. The Morgan fingerprint density at radius 3 is 2.35 bits per heavy atom. The average Bonchev–Trinajstić information content (AvgIpc) is 3.75. The average molecular weight is 913 g/mol. The van der Waals surface area contributed by atoms with Crippen molar-refractivity contribution in [2.45, 2.75) is 128 Å². The molecule has 0 spiro atoms. The minimum atomic E-state index is -1.12. The number of carbonyl (C=O) groups is 7. The SMILES string of the molecule is CC(=O)N[C@@H](CCCCN)C(=O)NCC(=O)N[C@@H](CCC(=O)O)C(=O)NC12CC(Cc3ccc(N4C[C@@H]5C[C@H]6[C@@H]7CCC8=CC(=O)C=C[C@]8(C)[C@H]7[C@@H](O)C[C@]6(C)[C@]5(C(=O)CO)C4)cc3)(C1)C2. The van der Waals surface area contributed by atoms with Crippen LogP contribution in [0.5, 0.6) is 0 Å². The number of amides is 4. The largest absolute Gasteiger partial charge is 0.481 e. The number of carbonyl (C=O) groups excluding carboxylic acids is 6. The van der Waals surface area contributed by atoms with E-state index in [0.29, 0.717) is 45.3 Å². The molecule has 1 heterocycles. The zero-order valence-electron chi connectivity index (χ0n) is 38.5. The number of carboxylic acid groups (broad SMARTS) is 1. The predicted molar refractivity (Wildman–Crippen MR) is 243 cm³/mol. The normalized spacial score (nSPS) is 35.3. The molecule has 0 unspecified atom stereocenters. The second-order valence-electron chi connectivity index (χ2n) is 21.5. The van der Waals surface area contributed by atoms with Crippen LogP contribution in [0.25, 0.3) is 0 Å². The number of carboxylic acids is 1. The molecule has 8 aliphatic rings. The first-order valence-electron chi connectivity index (χ1n) is 24.0. The van der Waals surface area contributed by atoms with Gasteiger partial charge in [0.2, 0.25) is 23.6 Å². The van der Waals surface area contributed by atoms with Gasteiger partial charge in [-0.3, -0.25) is 33.6 Å². The zero-order chi connectivity index (χ0) is 47.4. The lowest BCUT2D eigenvalue weighted by Crippen LogP contribution is -2.76. The van der Waals surface area contributed by atoms with E-state index in [2.05, 4.69) is 64.3 Å². The van der Waals surface area contributed by atoms with Crippen molar-refractivity contribution in [1.29, 1.82) is 0 Å². The number of aliphatic hydroxyl groups excluding tert-OH is 2. The maximum absolute atomic E-state index is 14.2. The first kappa shape index (κ1) is 47.6. The summed E-state index contributed by atoms with van der Waals surface area (Å²) in [4.78, 5) is 91.1. The fourth-order valence-electron chi connectivity index (χ4n) is 14.7. The van der Waals surface area contributed by atoms with Gasteiger partial charge in [-0.15, -0.1) is 0 Å². The van der Waals surface area contributed by atoms with E-state index in [1.807, 2.05) is 6.08 Å². The number of anilines is 1. The third kappa shape index (κ3) is 8.39. The summed E-state index contributed by atoms with van der Waals surface area (Å²) in [6.45, 7) is 6.26. The number of hydrogen-bond donors (Lipinski definition) is 8. The number of unbranched alkanes of at least 4 members (excludes halogenated alkanes) is 1. The lowest BCUT2D eigenvalue weighted by molar-refractivity contribution is -0.166. The number of benzene rings is 1. The topological polar surface area (TPSA) is 258 Å². The van der Waals surface area contributed by atoms with Gasteiger partial charge in [0.25, 0.3) is 0 Å². The van der Waals surface area contributed by atoms with Gasteiger partial charge in [0.1, 0.15) is 18.7 Å². The van der Waals surface area contributed by atoms with Crippen LogP contribution in [0.2, 0.25) is 0 Å². The molecule has 0 radical (unpaired) electrons. The molecule has 0 aromatic heterocycles. The van der Waals surface area contributed by atoms with Crippen molar-refractivity contribution >= 4 is 46.9 Å². The number of nitrogens with one attached hydrogen (secondary N) is 4. The van der Waals surface area contributed by atoms with Crippen LogP contribution in [0, 0.1) is 45.3 Å². The Morgan fingerprint density at radius 1 is 0.970 bits per heavy atom. The molecular weight excluding hydrogens is 845 g/mol.